The largest absolute Gasteiger partial charge is 0.508 e. The molecule has 0 aliphatic carbocycles. The Kier molecular flexibility index (Phi) is 6.18. The highest BCUT2D eigenvalue weighted by molar-refractivity contribution is 6.30. The highest BCUT2D eigenvalue weighted by Crippen LogP contribution is 2.15. The summed E-state index contributed by atoms with van der Waals surface area (Å²) in [5, 5.41) is 13.0. The lowest BCUT2D eigenvalue weighted by molar-refractivity contribution is -0.121. The van der Waals surface area contributed by atoms with Gasteiger partial charge in [-0.3, -0.25) is 9.59 Å². The average Bonchev–Trinajstić information content (AvgIpc) is 2.55. The number of para-hydroxylation sites is 1. The number of phenolic OH excluding ortho intramolecular Hbond substituents is 1. The molecular weight excluding hydrogens is 314 g/mol. The van der Waals surface area contributed by atoms with E-state index in [1.807, 2.05) is 12.1 Å². The molecule has 2 rings (SSSR count). The molecule has 0 aliphatic heterocycles. The molecule has 0 saturated heterocycles. The van der Waals surface area contributed by atoms with Crippen LogP contribution in [0.2, 0.25) is 5.02 Å². The third-order valence-corrected chi connectivity index (χ3v) is 3.71. The molecule has 2 N–H and O–H groups in total. The zero-order chi connectivity index (χ0) is 16.7. The molecule has 0 atom stereocenters. The summed E-state index contributed by atoms with van der Waals surface area (Å²) < 4.78 is 0. The Bertz CT molecular complexity index is 683. The molecule has 2 aromatic rings. The second kappa shape index (κ2) is 8.34. The lowest BCUT2D eigenvalue weighted by atomic mass is 10.1. The van der Waals surface area contributed by atoms with Crippen LogP contribution in [0.5, 0.6) is 5.75 Å². The first-order chi connectivity index (χ1) is 11.1. The molecule has 0 heterocycles. The van der Waals surface area contributed by atoms with Gasteiger partial charge in [0, 0.05) is 30.0 Å². The Morgan fingerprint density at radius 3 is 2.39 bits per heavy atom. The fourth-order valence-electron chi connectivity index (χ4n) is 2.15. The molecule has 23 heavy (non-hydrogen) atoms. The normalized spacial score (nSPS) is 10.3. The number of rotatable bonds is 7. The van der Waals surface area contributed by atoms with Crippen LogP contribution in [0.1, 0.15) is 28.8 Å². The number of carbonyl (C=O) groups excluding carboxylic acids is 2. The van der Waals surface area contributed by atoms with Crippen molar-refractivity contribution in [2.24, 2.45) is 0 Å². The van der Waals surface area contributed by atoms with Crippen molar-refractivity contribution in [1.29, 1.82) is 0 Å². The van der Waals surface area contributed by atoms with Crippen LogP contribution in [0.3, 0.4) is 0 Å². The van der Waals surface area contributed by atoms with E-state index in [0.717, 1.165) is 5.56 Å². The van der Waals surface area contributed by atoms with Crippen molar-refractivity contribution < 1.29 is 14.7 Å². The van der Waals surface area contributed by atoms with Crippen LogP contribution < -0.4 is 5.32 Å². The molecular formula is C18H18ClNO3. The van der Waals surface area contributed by atoms with E-state index in [1.165, 1.54) is 0 Å². The smallest absolute Gasteiger partial charge is 0.220 e. The Hall–Kier alpha value is -2.33. The van der Waals surface area contributed by atoms with Gasteiger partial charge in [0.1, 0.15) is 5.75 Å². The van der Waals surface area contributed by atoms with Gasteiger partial charge in [-0.2, -0.15) is 0 Å². The van der Waals surface area contributed by atoms with Gasteiger partial charge in [-0.1, -0.05) is 29.8 Å². The maximum atomic E-state index is 11.9. The van der Waals surface area contributed by atoms with Crippen LogP contribution in [0.15, 0.2) is 48.5 Å². The highest BCUT2D eigenvalue weighted by Gasteiger charge is 2.09. The molecule has 0 bridgehead atoms. The van der Waals surface area contributed by atoms with E-state index in [4.69, 9.17) is 11.6 Å². The van der Waals surface area contributed by atoms with E-state index >= 15 is 0 Å². The van der Waals surface area contributed by atoms with Gasteiger partial charge in [0.2, 0.25) is 5.91 Å². The molecule has 1 amide bonds. The second-order valence-corrected chi connectivity index (χ2v) is 5.60. The highest BCUT2D eigenvalue weighted by atomic mass is 35.5. The van der Waals surface area contributed by atoms with E-state index in [1.54, 1.807) is 36.4 Å². The number of amides is 1. The zero-order valence-corrected chi connectivity index (χ0v) is 13.3. The summed E-state index contributed by atoms with van der Waals surface area (Å²) in [6.45, 7) is 0.422. The van der Waals surface area contributed by atoms with Crippen LogP contribution in [0, 0.1) is 0 Å². The summed E-state index contributed by atoms with van der Waals surface area (Å²) in [6, 6.07) is 13.6. The van der Waals surface area contributed by atoms with E-state index in [-0.39, 0.29) is 30.3 Å². The predicted molar refractivity (Wildman–Crippen MR) is 89.8 cm³/mol. The van der Waals surface area contributed by atoms with E-state index in [2.05, 4.69) is 5.32 Å². The average molecular weight is 332 g/mol. The van der Waals surface area contributed by atoms with Gasteiger partial charge in [0.15, 0.2) is 5.78 Å². The Labute approximate surface area is 140 Å². The number of nitrogens with one attached hydrogen (secondary N) is 1. The van der Waals surface area contributed by atoms with Gasteiger partial charge in [0.25, 0.3) is 0 Å². The number of aromatic hydroxyl groups is 1. The molecule has 0 radical (unpaired) electrons. The number of phenols is 1. The van der Waals surface area contributed by atoms with Gasteiger partial charge in [-0.05, 0) is 42.3 Å². The minimum atomic E-state index is -0.178. The predicted octanol–water partition coefficient (Wildman–Crippen LogP) is 3.37. The number of ketones is 1. The van der Waals surface area contributed by atoms with Crippen molar-refractivity contribution in [1.82, 2.24) is 5.32 Å². The number of halogens is 1. The van der Waals surface area contributed by atoms with Crippen molar-refractivity contribution >= 4 is 23.3 Å². The Morgan fingerprint density at radius 1 is 1.00 bits per heavy atom. The van der Waals surface area contributed by atoms with Crippen LogP contribution in [0.25, 0.3) is 0 Å². The van der Waals surface area contributed by atoms with Crippen LogP contribution in [0.4, 0.5) is 0 Å². The number of hydrogen-bond acceptors (Lipinski definition) is 3. The summed E-state index contributed by atoms with van der Waals surface area (Å²) in [5.74, 6) is -0.0417. The quantitative estimate of drug-likeness (QED) is 0.764. The first kappa shape index (κ1) is 17.0. The molecule has 2 aromatic carbocycles. The molecule has 4 nitrogen and oxygen atoms in total. The van der Waals surface area contributed by atoms with Crippen molar-refractivity contribution in [3.63, 3.8) is 0 Å². The van der Waals surface area contributed by atoms with E-state index in [9.17, 15) is 14.7 Å². The minimum absolute atomic E-state index is 0.0856. The van der Waals surface area contributed by atoms with Gasteiger partial charge in [0.05, 0.1) is 0 Å². The maximum Gasteiger partial charge on any atom is 0.220 e. The molecule has 0 spiro atoms. The number of Topliss-reactive ketones (excluding diaryl/α,β-unsaturated/α-hetero) is 1. The summed E-state index contributed by atoms with van der Waals surface area (Å²) in [6.07, 6.45) is 0.843. The first-order valence-electron chi connectivity index (χ1n) is 7.38. The minimum Gasteiger partial charge on any atom is -0.508 e. The number of benzene rings is 2. The molecule has 0 unspecified atom stereocenters. The monoisotopic (exact) mass is 331 g/mol. The fraction of sp³-hybridized carbons (Fsp3) is 0.222. The molecule has 0 aromatic heterocycles. The van der Waals surface area contributed by atoms with Gasteiger partial charge < -0.3 is 10.4 Å². The van der Waals surface area contributed by atoms with Crippen LogP contribution in [-0.4, -0.2) is 23.3 Å². The molecule has 120 valence electrons. The van der Waals surface area contributed by atoms with Crippen molar-refractivity contribution in [3.8, 4) is 5.75 Å². The number of hydrogen-bond donors (Lipinski definition) is 2. The summed E-state index contributed by atoms with van der Waals surface area (Å²) >= 11 is 5.77. The van der Waals surface area contributed by atoms with Gasteiger partial charge in [-0.15, -0.1) is 0 Å². The Morgan fingerprint density at radius 2 is 1.70 bits per heavy atom. The number of carbonyl (C=O) groups is 2. The SMILES string of the molecule is O=C(CCC(=O)c1ccc(Cl)cc1)NCCc1ccccc1O. The standard InChI is InChI=1S/C18H18ClNO3/c19-15-7-5-14(6-8-15)17(22)9-10-18(23)20-12-11-13-3-1-2-4-16(13)21/h1-8,21H,9-12H2,(H,20,23). The van der Waals surface area contributed by atoms with Crippen LogP contribution >= 0.6 is 11.6 Å². The molecule has 0 saturated carbocycles. The van der Waals surface area contributed by atoms with Gasteiger partial charge >= 0.3 is 0 Å². The molecule has 0 aliphatic rings. The summed E-state index contributed by atoms with van der Waals surface area (Å²) in [4.78, 5) is 23.7. The van der Waals surface area contributed by atoms with E-state index in [0.29, 0.717) is 23.6 Å². The van der Waals surface area contributed by atoms with Crippen molar-refractivity contribution in [2.75, 3.05) is 6.54 Å². The first-order valence-corrected chi connectivity index (χ1v) is 7.76. The van der Waals surface area contributed by atoms with Crippen molar-refractivity contribution in [3.05, 3.63) is 64.7 Å². The van der Waals surface area contributed by atoms with Crippen molar-refractivity contribution in [2.45, 2.75) is 19.3 Å². The van der Waals surface area contributed by atoms with Crippen LogP contribution in [-0.2, 0) is 11.2 Å². The van der Waals surface area contributed by atoms with E-state index < -0.39 is 0 Å². The zero-order valence-electron chi connectivity index (χ0n) is 12.6. The second-order valence-electron chi connectivity index (χ2n) is 5.16. The third-order valence-electron chi connectivity index (χ3n) is 3.45. The lowest BCUT2D eigenvalue weighted by Gasteiger charge is -2.06. The van der Waals surface area contributed by atoms with Gasteiger partial charge in [-0.25, -0.2) is 0 Å². The summed E-state index contributed by atoms with van der Waals surface area (Å²) in [5.41, 5.74) is 1.33. The summed E-state index contributed by atoms with van der Waals surface area (Å²) in [7, 11) is 0. The Balaban J connectivity index is 1.72. The fourth-order valence-corrected chi connectivity index (χ4v) is 2.28. The third kappa shape index (κ3) is 5.42. The molecule has 5 heteroatoms. The topological polar surface area (TPSA) is 66.4 Å². The maximum absolute atomic E-state index is 11.9. The lowest BCUT2D eigenvalue weighted by Crippen LogP contribution is -2.26. The molecule has 0 fully saturated rings.